The number of hydrogen-bond acceptors (Lipinski definition) is 3. The van der Waals surface area contributed by atoms with Crippen LogP contribution < -0.4 is 15.2 Å². The minimum atomic E-state index is -1.01. The zero-order chi connectivity index (χ0) is 14.5. The first-order chi connectivity index (χ1) is 9.61. The van der Waals surface area contributed by atoms with E-state index >= 15 is 0 Å². The zero-order valence-electron chi connectivity index (χ0n) is 11.0. The largest absolute Gasteiger partial charge is 0.497 e. The van der Waals surface area contributed by atoms with Gasteiger partial charge in [0, 0.05) is 0 Å². The van der Waals surface area contributed by atoms with Gasteiger partial charge < -0.3 is 15.2 Å². The molecule has 0 saturated carbocycles. The van der Waals surface area contributed by atoms with E-state index in [1.54, 1.807) is 25.3 Å². The lowest BCUT2D eigenvalue weighted by Crippen LogP contribution is -2.19. The molecule has 2 aromatic carbocycles. The Labute approximate surface area is 115 Å². The molecule has 0 aliphatic heterocycles. The standard InChI is InChI=1S/C15H15F2NO2/c1-19-11-5-2-4-10(8-11)13(18)9-20-14-7-3-6-12(16)15(14)17/h2-8,13H,9,18H2,1H3. The van der Waals surface area contributed by atoms with E-state index in [9.17, 15) is 8.78 Å². The number of rotatable bonds is 5. The van der Waals surface area contributed by atoms with Gasteiger partial charge in [0.05, 0.1) is 13.2 Å². The zero-order valence-corrected chi connectivity index (χ0v) is 11.0. The van der Waals surface area contributed by atoms with E-state index < -0.39 is 17.7 Å². The number of hydrogen-bond donors (Lipinski definition) is 1. The smallest absolute Gasteiger partial charge is 0.200 e. The lowest BCUT2D eigenvalue weighted by atomic mass is 10.1. The third kappa shape index (κ3) is 3.24. The maximum Gasteiger partial charge on any atom is 0.200 e. The molecule has 1 unspecified atom stereocenters. The number of methoxy groups -OCH3 is 1. The van der Waals surface area contributed by atoms with Gasteiger partial charge >= 0.3 is 0 Å². The molecule has 2 N–H and O–H groups in total. The maximum absolute atomic E-state index is 13.4. The lowest BCUT2D eigenvalue weighted by molar-refractivity contribution is 0.272. The third-order valence-corrected chi connectivity index (χ3v) is 2.86. The molecule has 2 rings (SSSR count). The number of benzene rings is 2. The van der Waals surface area contributed by atoms with Crippen LogP contribution in [-0.4, -0.2) is 13.7 Å². The van der Waals surface area contributed by atoms with Crippen molar-refractivity contribution >= 4 is 0 Å². The molecule has 0 aromatic heterocycles. The summed E-state index contributed by atoms with van der Waals surface area (Å²) in [5, 5.41) is 0. The van der Waals surface area contributed by atoms with Crippen LogP contribution in [0.25, 0.3) is 0 Å². The van der Waals surface area contributed by atoms with Crippen LogP contribution in [0.3, 0.4) is 0 Å². The summed E-state index contributed by atoms with van der Waals surface area (Å²) >= 11 is 0. The van der Waals surface area contributed by atoms with E-state index in [1.807, 2.05) is 6.07 Å². The molecule has 5 heteroatoms. The predicted molar refractivity (Wildman–Crippen MR) is 71.8 cm³/mol. The van der Waals surface area contributed by atoms with Gasteiger partial charge in [0.25, 0.3) is 0 Å². The fourth-order valence-corrected chi connectivity index (χ4v) is 1.74. The van der Waals surface area contributed by atoms with Crippen molar-refractivity contribution in [1.82, 2.24) is 0 Å². The second-order valence-electron chi connectivity index (χ2n) is 4.25. The summed E-state index contributed by atoms with van der Waals surface area (Å²) in [4.78, 5) is 0. The molecule has 0 aliphatic carbocycles. The van der Waals surface area contributed by atoms with Gasteiger partial charge in [-0.2, -0.15) is 4.39 Å². The summed E-state index contributed by atoms with van der Waals surface area (Å²) in [7, 11) is 1.56. The molecule has 2 aromatic rings. The van der Waals surface area contributed by atoms with Crippen LogP contribution in [0.1, 0.15) is 11.6 Å². The summed E-state index contributed by atoms with van der Waals surface area (Å²) < 4.78 is 36.8. The maximum atomic E-state index is 13.4. The highest BCUT2D eigenvalue weighted by molar-refractivity contribution is 5.31. The van der Waals surface area contributed by atoms with E-state index in [-0.39, 0.29) is 12.4 Å². The Bertz CT molecular complexity index is 590. The Hall–Kier alpha value is -2.14. The number of halogens is 2. The number of ether oxygens (including phenoxy) is 2. The molecule has 1 atom stereocenters. The summed E-state index contributed by atoms with van der Waals surface area (Å²) in [5.41, 5.74) is 6.75. The fourth-order valence-electron chi connectivity index (χ4n) is 1.74. The van der Waals surface area contributed by atoms with Crippen molar-refractivity contribution in [1.29, 1.82) is 0 Å². The SMILES string of the molecule is COc1cccc(C(N)COc2cccc(F)c2F)c1. The van der Waals surface area contributed by atoms with Crippen LogP contribution >= 0.6 is 0 Å². The summed E-state index contributed by atoms with van der Waals surface area (Å²) in [6.07, 6.45) is 0. The molecule has 3 nitrogen and oxygen atoms in total. The van der Waals surface area contributed by atoms with Gasteiger partial charge in [-0.25, -0.2) is 4.39 Å². The van der Waals surface area contributed by atoms with Gasteiger partial charge in [-0.3, -0.25) is 0 Å². The topological polar surface area (TPSA) is 44.5 Å². The van der Waals surface area contributed by atoms with E-state index in [0.29, 0.717) is 5.75 Å². The van der Waals surface area contributed by atoms with Crippen molar-refractivity contribution < 1.29 is 18.3 Å². The highest BCUT2D eigenvalue weighted by Crippen LogP contribution is 2.22. The highest BCUT2D eigenvalue weighted by Gasteiger charge is 2.12. The molecule has 106 valence electrons. The average Bonchev–Trinajstić information content (AvgIpc) is 2.48. The van der Waals surface area contributed by atoms with E-state index in [1.165, 1.54) is 12.1 Å². The quantitative estimate of drug-likeness (QED) is 0.915. The molecule has 0 saturated heterocycles. The predicted octanol–water partition coefficient (Wildman–Crippen LogP) is 3.05. The molecular formula is C15H15F2NO2. The van der Waals surface area contributed by atoms with Gasteiger partial charge in [-0.1, -0.05) is 18.2 Å². The van der Waals surface area contributed by atoms with Crippen molar-refractivity contribution in [2.45, 2.75) is 6.04 Å². The van der Waals surface area contributed by atoms with Crippen LogP contribution in [0, 0.1) is 11.6 Å². The van der Waals surface area contributed by atoms with Gasteiger partial charge in [-0.05, 0) is 29.8 Å². The van der Waals surface area contributed by atoms with Gasteiger partial charge in [-0.15, -0.1) is 0 Å². The van der Waals surface area contributed by atoms with E-state index in [2.05, 4.69) is 0 Å². The van der Waals surface area contributed by atoms with Crippen molar-refractivity contribution in [3.05, 3.63) is 59.7 Å². The van der Waals surface area contributed by atoms with Gasteiger partial charge in [0.2, 0.25) is 5.82 Å². The van der Waals surface area contributed by atoms with Gasteiger partial charge in [0.15, 0.2) is 11.6 Å². The molecule has 0 bridgehead atoms. The van der Waals surface area contributed by atoms with Crippen molar-refractivity contribution in [2.24, 2.45) is 5.73 Å². The molecular weight excluding hydrogens is 264 g/mol. The van der Waals surface area contributed by atoms with Crippen LogP contribution in [0.2, 0.25) is 0 Å². The first-order valence-electron chi connectivity index (χ1n) is 6.08. The lowest BCUT2D eigenvalue weighted by Gasteiger charge is -2.14. The summed E-state index contributed by atoms with van der Waals surface area (Å²) in [5.74, 6) is -1.43. The van der Waals surface area contributed by atoms with Gasteiger partial charge in [0.1, 0.15) is 12.4 Å². The number of nitrogens with two attached hydrogens (primary N) is 1. The van der Waals surface area contributed by atoms with E-state index in [0.717, 1.165) is 11.6 Å². The van der Waals surface area contributed by atoms with Crippen molar-refractivity contribution in [2.75, 3.05) is 13.7 Å². The second kappa shape index (κ2) is 6.34. The Morgan fingerprint density at radius 3 is 2.65 bits per heavy atom. The first kappa shape index (κ1) is 14.3. The minimum Gasteiger partial charge on any atom is -0.497 e. The van der Waals surface area contributed by atoms with Crippen LogP contribution in [0.4, 0.5) is 8.78 Å². The molecule has 0 spiro atoms. The van der Waals surface area contributed by atoms with Crippen molar-refractivity contribution in [3.63, 3.8) is 0 Å². The third-order valence-electron chi connectivity index (χ3n) is 2.86. The fraction of sp³-hybridized carbons (Fsp3) is 0.200. The van der Waals surface area contributed by atoms with Crippen LogP contribution in [0.15, 0.2) is 42.5 Å². The molecule has 0 amide bonds. The normalized spacial score (nSPS) is 12.0. The first-order valence-corrected chi connectivity index (χ1v) is 6.08. The summed E-state index contributed by atoms with van der Waals surface area (Å²) in [6, 6.07) is 10.5. The van der Waals surface area contributed by atoms with Crippen LogP contribution in [-0.2, 0) is 0 Å². The van der Waals surface area contributed by atoms with Crippen LogP contribution in [0.5, 0.6) is 11.5 Å². The second-order valence-corrected chi connectivity index (χ2v) is 4.25. The average molecular weight is 279 g/mol. The Balaban J connectivity index is 2.04. The monoisotopic (exact) mass is 279 g/mol. The Morgan fingerprint density at radius 1 is 1.15 bits per heavy atom. The Morgan fingerprint density at radius 2 is 1.90 bits per heavy atom. The van der Waals surface area contributed by atoms with E-state index in [4.69, 9.17) is 15.2 Å². The Kier molecular flexibility index (Phi) is 4.53. The minimum absolute atomic E-state index is 0.0353. The molecule has 20 heavy (non-hydrogen) atoms. The van der Waals surface area contributed by atoms with Crippen molar-refractivity contribution in [3.8, 4) is 11.5 Å². The molecule has 0 radical (unpaired) electrons. The molecule has 0 heterocycles. The molecule has 0 aliphatic rings. The summed E-state index contributed by atoms with van der Waals surface area (Å²) in [6.45, 7) is 0.0353. The molecule has 0 fully saturated rings. The highest BCUT2D eigenvalue weighted by atomic mass is 19.2.